The maximum Gasteiger partial charge on any atom is 0.303 e. The molecule has 4 heteroatoms. The van der Waals surface area contributed by atoms with Crippen molar-refractivity contribution in [3.8, 4) is 0 Å². The zero-order valence-electron chi connectivity index (χ0n) is 13.1. The predicted octanol–water partition coefficient (Wildman–Crippen LogP) is 4.93. The molecular formula is C18H23ClO3. The molecule has 1 saturated carbocycles. The van der Waals surface area contributed by atoms with Gasteiger partial charge in [0.15, 0.2) is 5.78 Å². The van der Waals surface area contributed by atoms with E-state index in [1.54, 1.807) is 6.07 Å². The fourth-order valence-corrected chi connectivity index (χ4v) is 3.60. The van der Waals surface area contributed by atoms with Crippen LogP contribution in [0.4, 0.5) is 0 Å². The highest BCUT2D eigenvalue weighted by atomic mass is 35.5. The van der Waals surface area contributed by atoms with E-state index in [1.165, 1.54) is 0 Å². The third kappa shape index (κ3) is 4.10. The number of ketones is 1. The number of carbonyl (C=O) groups excluding carboxylic acids is 1. The summed E-state index contributed by atoms with van der Waals surface area (Å²) in [7, 11) is 0. The van der Waals surface area contributed by atoms with Gasteiger partial charge in [0.25, 0.3) is 0 Å². The van der Waals surface area contributed by atoms with Crippen LogP contribution in [0.25, 0.3) is 0 Å². The van der Waals surface area contributed by atoms with Crippen molar-refractivity contribution in [3.63, 3.8) is 0 Å². The minimum Gasteiger partial charge on any atom is -0.481 e. The first kappa shape index (κ1) is 17.0. The summed E-state index contributed by atoms with van der Waals surface area (Å²) in [6, 6.07) is 5.62. The van der Waals surface area contributed by atoms with E-state index in [1.807, 2.05) is 26.0 Å². The Labute approximate surface area is 136 Å². The maximum atomic E-state index is 12.0. The van der Waals surface area contributed by atoms with Crippen LogP contribution in [-0.2, 0) is 4.79 Å². The first-order chi connectivity index (χ1) is 10.4. The van der Waals surface area contributed by atoms with Crippen molar-refractivity contribution in [1.29, 1.82) is 0 Å². The fraction of sp³-hybridized carbons (Fsp3) is 0.556. The molecule has 0 aromatic heterocycles. The molecule has 1 aliphatic rings. The Kier molecular flexibility index (Phi) is 5.63. The van der Waals surface area contributed by atoms with Crippen LogP contribution in [0, 0.1) is 11.8 Å². The number of carboxylic acids is 1. The predicted molar refractivity (Wildman–Crippen MR) is 87.6 cm³/mol. The second-order valence-corrected chi connectivity index (χ2v) is 6.98. The Morgan fingerprint density at radius 1 is 1.23 bits per heavy atom. The van der Waals surface area contributed by atoms with E-state index in [2.05, 4.69) is 0 Å². The molecule has 1 fully saturated rings. The highest BCUT2D eigenvalue weighted by molar-refractivity contribution is 6.31. The van der Waals surface area contributed by atoms with E-state index in [0.29, 0.717) is 16.5 Å². The van der Waals surface area contributed by atoms with E-state index in [9.17, 15) is 9.59 Å². The van der Waals surface area contributed by atoms with Crippen LogP contribution < -0.4 is 0 Å². The van der Waals surface area contributed by atoms with E-state index in [0.717, 1.165) is 31.2 Å². The molecule has 0 radical (unpaired) electrons. The number of carbonyl (C=O) groups is 2. The van der Waals surface area contributed by atoms with E-state index in [4.69, 9.17) is 16.7 Å². The summed E-state index contributed by atoms with van der Waals surface area (Å²) in [4.78, 5) is 22.8. The van der Waals surface area contributed by atoms with Gasteiger partial charge in [-0.1, -0.05) is 37.6 Å². The lowest BCUT2D eigenvalue weighted by Crippen LogP contribution is -2.16. The van der Waals surface area contributed by atoms with Gasteiger partial charge in [-0.05, 0) is 49.1 Å². The third-order valence-electron chi connectivity index (χ3n) is 4.56. The van der Waals surface area contributed by atoms with Gasteiger partial charge in [-0.15, -0.1) is 0 Å². The highest BCUT2D eigenvalue weighted by Crippen LogP contribution is 2.39. The van der Waals surface area contributed by atoms with Crippen LogP contribution in [-0.4, -0.2) is 16.9 Å². The average molecular weight is 323 g/mol. The Morgan fingerprint density at radius 3 is 2.36 bits per heavy atom. The topological polar surface area (TPSA) is 54.4 Å². The van der Waals surface area contributed by atoms with Crippen LogP contribution in [0.3, 0.4) is 0 Å². The summed E-state index contributed by atoms with van der Waals surface area (Å²) < 4.78 is 0. The Balaban J connectivity index is 2.05. The lowest BCUT2D eigenvalue weighted by atomic mass is 9.77. The van der Waals surface area contributed by atoms with Gasteiger partial charge < -0.3 is 5.11 Å². The molecule has 0 unspecified atom stereocenters. The van der Waals surface area contributed by atoms with Gasteiger partial charge in [0.2, 0.25) is 0 Å². The molecule has 1 aromatic rings. The molecule has 0 saturated heterocycles. The Bertz CT molecular complexity index is 557. The molecule has 1 aromatic carbocycles. The summed E-state index contributed by atoms with van der Waals surface area (Å²) in [6.45, 7) is 3.77. The normalized spacial score (nSPS) is 21.8. The van der Waals surface area contributed by atoms with Crippen molar-refractivity contribution >= 4 is 23.4 Å². The Morgan fingerprint density at radius 2 is 1.86 bits per heavy atom. The number of aliphatic carboxylic acids is 1. The molecule has 120 valence electrons. The number of Topliss-reactive ketones (excluding diaryl/α,β-unsaturated/α-hetero) is 1. The van der Waals surface area contributed by atoms with Crippen molar-refractivity contribution in [2.45, 2.75) is 51.9 Å². The van der Waals surface area contributed by atoms with Crippen molar-refractivity contribution in [2.75, 3.05) is 0 Å². The summed E-state index contributed by atoms with van der Waals surface area (Å²) >= 11 is 6.39. The van der Waals surface area contributed by atoms with Gasteiger partial charge in [0.1, 0.15) is 0 Å². The number of hydrogen-bond donors (Lipinski definition) is 1. The first-order valence-corrected chi connectivity index (χ1v) is 8.31. The molecule has 3 nitrogen and oxygen atoms in total. The van der Waals surface area contributed by atoms with Crippen LogP contribution in [0.5, 0.6) is 0 Å². The quantitative estimate of drug-likeness (QED) is 0.782. The van der Waals surface area contributed by atoms with E-state index < -0.39 is 5.97 Å². The largest absolute Gasteiger partial charge is 0.481 e. The molecule has 0 aliphatic heterocycles. The number of hydrogen-bond acceptors (Lipinski definition) is 2. The molecule has 2 rings (SSSR count). The second kappa shape index (κ2) is 7.28. The molecule has 0 bridgehead atoms. The zero-order valence-corrected chi connectivity index (χ0v) is 13.9. The van der Waals surface area contributed by atoms with Gasteiger partial charge in [0.05, 0.1) is 0 Å². The van der Waals surface area contributed by atoms with Gasteiger partial charge in [0, 0.05) is 22.9 Å². The van der Waals surface area contributed by atoms with Crippen LogP contribution in [0.15, 0.2) is 18.2 Å². The van der Waals surface area contributed by atoms with Crippen molar-refractivity contribution in [1.82, 2.24) is 0 Å². The van der Waals surface area contributed by atoms with Gasteiger partial charge in [-0.25, -0.2) is 0 Å². The number of halogens is 1. The minimum absolute atomic E-state index is 0.0339. The number of carboxylic acid groups (broad SMARTS) is 1. The summed E-state index contributed by atoms with van der Waals surface area (Å²) in [5, 5.41) is 9.53. The monoisotopic (exact) mass is 322 g/mol. The zero-order chi connectivity index (χ0) is 16.3. The van der Waals surface area contributed by atoms with E-state index >= 15 is 0 Å². The molecule has 1 aliphatic carbocycles. The summed E-state index contributed by atoms with van der Waals surface area (Å²) in [5.41, 5.74) is 1.76. The highest BCUT2D eigenvalue weighted by Gasteiger charge is 2.25. The smallest absolute Gasteiger partial charge is 0.303 e. The lowest BCUT2D eigenvalue weighted by molar-refractivity contribution is -0.138. The molecule has 22 heavy (non-hydrogen) atoms. The minimum atomic E-state index is -0.710. The second-order valence-electron chi connectivity index (χ2n) is 6.57. The standard InChI is InChI=1S/C18H23ClO3/c1-11(2)18(22)14-7-8-15(16(19)10-14)13-5-3-12(4-6-13)9-17(20)21/h7-8,10-13H,3-6,9H2,1-2H3,(H,20,21). The van der Waals surface area contributed by atoms with E-state index in [-0.39, 0.29) is 24.0 Å². The van der Waals surface area contributed by atoms with Crippen molar-refractivity contribution in [3.05, 3.63) is 34.3 Å². The average Bonchev–Trinajstić information content (AvgIpc) is 2.46. The van der Waals surface area contributed by atoms with Gasteiger partial charge >= 0.3 is 5.97 Å². The number of rotatable bonds is 5. The third-order valence-corrected chi connectivity index (χ3v) is 4.89. The van der Waals surface area contributed by atoms with Crippen LogP contribution in [0.1, 0.15) is 67.8 Å². The molecule has 0 spiro atoms. The molecule has 0 atom stereocenters. The molecular weight excluding hydrogens is 300 g/mol. The molecule has 0 amide bonds. The van der Waals surface area contributed by atoms with Gasteiger partial charge in [-0.2, -0.15) is 0 Å². The molecule has 0 heterocycles. The van der Waals surface area contributed by atoms with Gasteiger partial charge in [-0.3, -0.25) is 9.59 Å². The molecule has 1 N–H and O–H groups in total. The summed E-state index contributed by atoms with van der Waals surface area (Å²) in [6.07, 6.45) is 4.06. The van der Waals surface area contributed by atoms with Crippen LogP contribution in [0.2, 0.25) is 5.02 Å². The number of benzene rings is 1. The Hall–Kier alpha value is -1.35. The first-order valence-electron chi connectivity index (χ1n) is 7.94. The maximum absolute atomic E-state index is 12.0. The van der Waals surface area contributed by atoms with Crippen molar-refractivity contribution in [2.24, 2.45) is 11.8 Å². The van der Waals surface area contributed by atoms with Crippen molar-refractivity contribution < 1.29 is 14.7 Å². The summed E-state index contributed by atoms with van der Waals surface area (Å²) in [5.74, 6) is 0.0279. The lowest BCUT2D eigenvalue weighted by Gasteiger charge is -2.28. The fourth-order valence-electron chi connectivity index (χ4n) is 3.27. The van der Waals surface area contributed by atoms with Crippen LogP contribution >= 0.6 is 11.6 Å². The SMILES string of the molecule is CC(C)C(=O)c1ccc(C2CCC(CC(=O)O)CC2)c(Cl)c1.